The van der Waals surface area contributed by atoms with Gasteiger partial charge in [-0.3, -0.25) is 0 Å². The van der Waals surface area contributed by atoms with Gasteiger partial charge in [-0.15, -0.1) is 20.4 Å². The minimum Gasteiger partial charge on any atom is -0.306 e. The molecule has 0 radical (unpaired) electrons. The molecule has 0 aliphatic heterocycles. The Morgan fingerprint density at radius 3 is 2.42 bits per heavy atom. The molecule has 0 bridgehead atoms. The number of nitrogens with zero attached hydrogens (tertiary/aromatic N) is 8. The lowest BCUT2D eigenvalue weighted by Crippen LogP contribution is -1.87. The van der Waals surface area contributed by atoms with Crippen molar-refractivity contribution in [3.63, 3.8) is 0 Å². The quantitative estimate of drug-likeness (QED) is 0.502. The number of aromatic nitrogens is 10. The van der Waals surface area contributed by atoms with E-state index in [0.29, 0.717) is 17.3 Å². The second-order valence-electron chi connectivity index (χ2n) is 3.78. The van der Waals surface area contributed by atoms with Crippen molar-refractivity contribution in [3.8, 4) is 22.9 Å². The first-order valence-corrected chi connectivity index (χ1v) is 5.36. The van der Waals surface area contributed by atoms with E-state index in [1.54, 1.807) is 0 Å². The van der Waals surface area contributed by atoms with E-state index in [0.717, 1.165) is 11.2 Å². The molecule has 4 heterocycles. The molecule has 0 saturated carbocycles. The van der Waals surface area contributed by atoms with Gasteiger partial charge in [0.2, 0.25) is 11.6 Å². The molecule has 0 saturated heterocycles. The van der Waals surface area contributed by atoms with Crippen molar-refractivity contribution < 1.29 is 0 Å². The summed E-state index contributed by atoms with van der Waals surface area (Å²) in [6.45, 7) is 0. The number of nitrogens with one attached hydrogen (secondary N) is 2. The Labute approximate surface area is 104 Å². The number of aromatic amines is 2. The molecular formula is C9H6N10. The van der Waals surface area contributed by atoms with Crippen molar-refractivity contribution in [1.82, 2.24) is 50.6 Å². The fraction of sp³-hybridized carbons (Fsp3) is 0. The van der Waals surface area contributed by atoms with Gasteiger partial charge in [0.05, 0.1) is 0 Å². The molecular weight excluding hydrogens is 248 g/mol. The summed E-state index contributed by atoms with van der Waals surface area (Å²) in [5.41, 5.74) is 2.24. The van der Waals surface area contributed by atoms with E-state index in [4.69, 9.17) is 0 Å². The van der Waals surface area contributed by atoms with Gasteiger partial charge in [-0.1, -0.05) is 0 Å². The molecule has 0 aliphatic carbocycles. The van der Waals surface area contributed by atoms with Gasteiger partial charge >= 0.3 is 0 Å². The Morgan fingerprint density at radius 2 is 1.68 bits per heavy atom. The molecule has 19 heavy (non-hydrogen) atoms. The standard InChI is InChI=1S/C9H6N10/c1-2-7-10-6(9-13-17-18-14-9)4-19(7)3-5(1)8-11-15-16-12-8/h1-4H,(H,11,12,15,16)(H,13,14,17,18). The highest BCUT2D eigenvalue weighted by molar-refractivity contribution is 5.60. The maximum absolute atomic E-state index is 4.39. The van der Waals surface area contributed by atoms with Crippen LogP contribution in [0.25, 0.3) is 28.6 Å². The molecule has 10 nitrogen and oxygen atoms in total. The lowest BCUT2D eigenvalue weighted by atomic mass is 10.3. The highest BCUT2D eigenvalue weighted by Gasteiger charge is 2.10. The van der Waals surface area contributed by atoms with Gasteiger partial charge in [-0.2, -0.15) is 10.4 Å². The highest BCUT2D eigenvalue weighted by Crippen LogP contribution is 2.18. The van der Waals surface area contributed by atoms with Crippen LogP contribution in [0.15, 0.2) is 24.5 Å². The third-order valence-electron chi connectivity index (χ3n) is 2.63. The molecule has 2 N–H and O–H groups in total. The van der Waals surface area contributed by atoms with E-state index in [9.17, 15) is 0 Å². The van der Waals surface area contributed by atoms with Crippen LogP contribution in [0.3, 0.4) is 0 Å². The molecule has 0 aromatic carbocycles. The van der Waals surface area contributed by atoms with Crippen LogP contribution in [0.2, 0.25) is 0 Å². The Hall–Kier alpha value is -3.17. The van der Waals surface area contributed by atoms with Crippen LogP contribution in [0.4, 0.5) is 0 Å². The van der Waals surface area contributed by atoms with Gasteiger partial charge in [0.25, 0.3) is 0 Å². The van der Waals surface area contributed by atoms with E-state index >= 15 is 0 Å². The molecule has 4 aromatic heterocycles. The summed E-state index contributed by atoms with van der Waals surface area (Å²) in [6.07, 6.45) is 3.67. The van der Waals surface area contributed by atoms with E-state index in [2.05, 4.69) is 46.2 Å². The normalized spacial score (nSPS) is 11.2. The third kappa shape index (κ3) is 1.54. The van der Waals surface area contributed by atoms with Gasteiger partial charge < -0.3 is 4.40 Å². The predicted molar refractivity (Wildman–Crippen MR) is 61.5 cm³/mol. The van der Waals surface area contributed by atoms with Gasteiger partial charge in [-0.05, 0) is 22.6 Å². The number of imidazole rings is 1. The van der Waals surface area contributed by atoms with Crippen molar-refractivity contribution in [2.75, 3.05) is 0 Å². The summed E-state index contributed by atoms with van der Waals surface area (Å²) in [5.74, 6) is 0.974. The maximum Gasteiger partial charge on any atom is 0.224 e. The molecule has 0 fully saturated rings. The zero-order chi connectivity index (χ0) is 12.7. The fourth-order valence-electron chi connectivity index (χ4n) is 1.79. The van der Waals surface area contributed by atoms with Crippen LogP contribution in [-0.4, -0.2) is 50.6 Å². The molecule has 0 atom stereocenters. The maximum atomic E-state index is 4.39. The van der Waals surface area contributed by atoms with E-state index in [-0.39, 0.29) is 0 Å². The van der Waals surface area contributed by atoms with E-state index in [1.165, 1.54) is 0 Å². The number of fused-ring (bicyclic) bond motifs is 1. The minimum absolute atomic E-state index is 0.449. The number of hydrogen-bond acceptors (Lipinski definition) is 7. The zero-order valence-corrected chi connectivity index (χ0v) is 9.39. The molecule has 92 valence electrons. The van der Waals surface area contributed by atoms with Crippen molar-refractivity contribution in [3.05, 3.63) is 24.5 Å². The largest absolute Gasteiger partial charge is 0.306 e. The van der Waals surface area contributed by atoms with Gasteiger partial charge in [0, 0.05) is 18.0 Å². The highest BCUT2D eigenvalue weighted by atomic mass is 15.5. The molecule has 10 heteroatoms. The van der Waals surface area contributed by atoms with Crippen molar-refractivity contribution in [2.45, 2.75) is 0 Å². The molecule has 0 spiro atoms. The van der Waals surface area contributed by atoms with Crippen molar-refractivity contribution >= 4 is 5.65 Å². The monoisotopic (exact) mass is 254 g/mol. The SMILES string of the molecule is c1cc2nc(-c3nn[nH]n3)cn2cc1-c1nn[nH]n1. The summed E-state index contributed by atoms with van der Waals surface area (Å²) < 4.78 is 1.84. The number of H-pyrrole nitrogens is 2. The average Bonchev–Trinajstić information content (AvgIpc) is 3.18. The second kappa shape index (κ2) is 3.66. The zero-order valence-electron chi connectivity index (χ0n) is 9.39. The van der Waals surface area contributed by atoms with Crippen LogP contribution in [-0.2, 0) is 0 Å². The fourth-order valence-corrected chi connectivity index (χ4v) is 1.79. The van der Waals surface area contributed by atoms with Crippen molar-refractivity contribution in [1.29, 1.82) is 0 Å². The number of tetrazole rings is 2. The van der Waals surface area contributed by atoms with Crippen LogP contribution in [0.5, 0.6) is 0 Å². The van der Waals surface area contributed by atoms with Gasteiger partial charge in [-0.25, -0.2) is 4.98 Å². The first kappa shape index (κ1) is 9.82. The Balaban J connectivity index is 1.86. The Bertz CT molecular complexity index is 780. The van der Waals surface area contributed by atoms with Crippen LogP contribution in [0, 0.1) is 0 Å². The van der Waals surface area contributed by atoms with Crippen LogP contribution < -0.4 is 0 Å². The molecule has 4 aromatic rings. The van der Waals surface area contributed by atoms with E-state index in [1.807, 2.05) is 28.9 Å². The van der Waals surface area contributed by atoms with Crippen LogP contribution in [0.1, 0.15) is 0 Å². The second-order valence-corrected chi connectivity index (χ2v) is 3.78. The lowest BCUT2D eigenvalue weighted by Gasteiger charge is -1.95. The molecule has 0 unspecified atom stereocenters. The summed E-state index contributed by atoms with van der Waals surface area (Å²) in [6, 6.07) is 3.72. The van der Waals surface area contributed by atoms with Crippen LogP contribution >= 0.6 is 0 Å². The summed E-state index contributed by atoms with van der Waals surface area (Å²) in [7, 11) is 0. The van der Waals surface area contributed by atoms with E-state index < -0.39 is 0 Å². The summed E-state index contributed by atoms with van der Waals surface area (Å²) >= 11 is 0. The minimum atomic E-state index is 0.449. The molecule has 0 aliphatic rings. The number of rotatable bonds is 2. The molecule has 4 rings (SSSR count). The van der Waals surface area contributed by atoms with Gasteiger partial charge in [0.15, 0.2) is 0 Å². The first-order valence-electron chi connectivity index (χ1n) is 5.36. The summed E-state index contributed by atoms with van der Waals surface area (Å²) in [5, 5.41) is 27.5. The number of pyridine rings is 1. The van der Waals surface area contributed by atoms with Gasteiger partial charge in [0.1, 0.15) is 11.3 Å². The first-order chi connectivity index (χ1) is 9.40. The topological polar surface area (TPSA) is 126 Å². The average molecular weight is 254 g/mol. The third-order valence-corrected chi connectivity index (χ3v) is 2.63. The number of hydrogen-bond donors (Lipinski definition) is 2. The Kier molecular flexibility index (Phi) is 1.89. The summed E-state index contributed by atoms with van der Waals surface area (Å²) in [4.78, 5) is 4.39. The predicted octanol–water partition coefficient (Wildman–Crippen LogP) is -0.306. The molecule has 0 amide bonds. The Morgan fingerprint density at radius 1 is 0.895 bits per heavy atom. The lowest BCUT2D eigenvalue weighted by molar-refractivity contribution is 0.881. The smallest absolute Gasteiger partial charge is 0.224 e. The van der Waals surface area contributed by atoms with Crippen molar-refractivity contribution in [2.24, 2.45) is 0 Å².